The summed E-state index contributed by atoms with van der Waals surface area (Å²) in [5, 5.41) is 10.6. The predicted molar refractivity (Wildman–Crippen MR) is 82.2 cm³/mol. The molecule has 20 heavy (non-hydrogen) atoms. The first kappa shape index (κ1) is 14.6. The minimum Gasteiger partial charge on any atom is -0.493 e. The third-order valence-corrected chi connectivity index (χ3v) is 3.50. The van der Waals surface area contributed by atoms with E-state index in [9.17, 15) is 5.11 Å². The topological polar surface area (TPSA) is 29.5 Å². The molecule has 0 saturated heterocycles. The summed E-state index contributed by atoms with van der Waals surface area (Å²) in [7, 11) is 0. The van der Waals surface area contributed by atoms with Crippen LogP contribution in [-0.4, -0.2) is 11.7 Å². The van der Waals surface area contributed by atoms with Gasteiger partial charge in [-0.05, 0) is 44.0 Å². The van der Waals surface area contributed by atoms with E-state index in [1.807, 2.05) is 44.2 Å². The molecule has 2 nitrogen and oxygen atoms in total. The van der Waals surface area contributed by atoms with Gasteiger partial charge >= 0.3 is 0 Å². The molecule has 0 bridgehead atoms. The molecule has 2 heteroatoms. The fraction of sp³-hybridized carbons (Fsp3) is 0.333. The van der Waals surface area contributed by atoms with Gasteiger partial charge in [-0.25, -0.2) is 0 Å². The smallest absolute Gasteiger partial charge is 0.125 e. The second kappa shape index (κ2) is 6.58. The van der Waals surface area contributed by atoms with Crippen LogP contribution >= 0.6 is 0 Å². The summed E-state index contributed by atoms with van der Waals surface area (Å²) >= 11 is 0. The third kappa shape index (κ3) is 3.40. The second-order valence-electron chi connectivity index (χ2n) is 5.12. The standard InChI is InChI=1S/C18H22O2/c1-4-20-18-10-9-13(2)11-16(18)17(19)12-15-8-6-5-7-14(15)3/h5-11,17,19H,4,12H2,1-3H3. The molecule has 106 valence electrons. The Morgan fingerprint density at radius 3 is 2.55 bits per heavy atom. The second-order valence-corrected chi connectivity index (χ2v) is 5.12. The Morgan fingerprint density at radius 1 is 1.10 bits per heavy atom. The van der Waals surface area contributed by atoms with Gasteiger partial charge in [-0.2, -0.15) is 0 Å². The van der Waals surface area contributed by atoms with Crippen molar-refractivity contribution in [1.29, 1.82) is 0 Å². The molecule has 0 radical (unpaired) electrons. The predicted octanol–water partition coefficient (Wildman–Crippen LogP) is 3.98. The lowest BCUT2D eigenvalue weighted by molar-refractivity contribution is 0.172. The van der Waals surface area contributed by atoms with Crippen LogP contribution in [0.1, 0.15) is 35.3 Å². The van der Waals surface area contributed by atoms with Crippen molar-refractivity contribution >= 4 is 0 Å². The summed E-state index contributed by atoms with van der Waals surface area (Å²) in [6.07, 6.45) is 0.0634. The van der Waals surface area contributed by atoms with Crippen LogP contribution in [0.3, 0.4) is 0 Å². The van der Waals surface area contributed by atoms with Crippen LogP contribution in [0, 0.1) is 13.8 Å². The van der Waals surface area contributed by atoms with Crippen LogP contribution in [0.2, 0.25) is 0 Å². The number of ether oxygens (including phenoxy) is 1. The number of hydrogen-bond donors (Lipinski definition) is 1. The number of aliphatic hydroxyl groups is 1. The fourth-order valence-corrected chi connectivity index (χ4v) is 2.37. The first-order chi connectivity index (χ1) is 9.61. The largest absolute Gasteiger partial charge is 0.493 e. The Balaban J connectivity index is 2.26. The van der Waals surface area contributed by atoms with Crippen molar-refractivity contribution in [2.75, 3.05) is 6.61 Å². The Bertz CT molecular complexity index is 575. The number of hydrogen-bond acceptors (Lipinski definition) is 2. The first-order valence-corrected chi connectivity index (χ1v) is 7.07. The van der Waals surface area contributed by atoms with E-state index in [0.717, 1.165) is 16.9 Å². The van der Waals surface area contributed by atoms with Crippen LogP contribution in [0.4, 0.5) is 0 Å². The Morgan fingerprint density at radius 2 is 1.85 bits per heavy atom. The van der Waals surface area contributed by atoms with Crippen molar-refractivity contribution in [1.82, 2.24) is 0 Å². The van der Waals surface area contributed by atoms with Crippen LogP contribution < -0.4 is 4.74 Å². The Labute approximate surface area is 121 Å². The van der Waals surface area contributed by atoms with Gasteiger partial charge in [0.25, 0.3) is 0 Å². The van der Waals surface area contributed by atoms with Gasteiger partial charge in [0, 0.05) is 12.0 Å². The minimum atomic E-state index is -0.544. The molecule has 1 unspecified atom stereocenters. The average Bonchev–Trinajstić information content (AvgIpc) is 2.43. The molecule has 2 aromatic rings. The number of rotatable bonds is 5. The number of benzene rings is 2. The molecule has 0 aliphatic carbocycles. The van der Waals surface area contributed by atoms with Crippen molar-refractivity contribution < 1.29 is 9.84 Å². The van der Waals surface area contributed by atoms with Gasteiger partial charge in [-0.15, -0.1) is 0 Å². The summed E-state index contributed by atoms with van der Waals surface area (Å²) in [5.74, 6) is 0.777. The monoisotopic (exact) mass is 270 g/mol. The van der Waals surface area contributed by atoms with Gasteiger partial charge in [0.2, 0.25) is 0 Å². The molecule has 2 rings (SSSR count). The normalized spacial score (nSPS) is 12.2. The minimum absolute atomic E-state index is 0.544. The molecule has 0 saturated carbocycles. The van der Waals surface area contributed by atoms with Crippen molar-refractivity contribution in [3.05, 3.63) is 64.7 Å². The molecular formula is C18H22O2. The highest BCUT2D eigenvalue weighted by Crippen LogP contribution is 2.29. The maximum Gasteiger partial charge on any atom is 0.125 e. The third-order valence-electron chi connectivity index (χ3n) is 3.50. The molecule has 0 fully saturated rings. The zero-order chi connectivity index (χ0) is 14.5. The SMILES string of the molecule is CCOc1ccc(C)cc1C(O)Cc1ccccc1C. The molecule has 0 aliphatic rings. The maximum atomic E-state index is 10.6. The van der Waals surface area contributed by atoms with Crippen LogP contribution in [-0.2, 0) is 6.42 Å². The van der Waals surface area contributed by atoms with Crippen molar-refractivity contribution in [3.8, 4) is 5.75 Å². The van der Waals surface area contributed by atoms with Crippen molar-refractivity contribution in [2.45, 2.75) is 33.3 Å². The molecule has 0 amide bonds. The lowest BCUT2D eigenvalue weighted by atomic mass is 9.96. The Kier molecular flexibility index (Phi) is 4.80. The van der Waals surface area contributed by atoms with Crippen LogP contribution in [0.5, 0.6) is 5.75 Å². The molecule has 0 aliphatic heterocycles. The van der Waals surface area contributed by atoms with E-state index in [4.69, 9.17) is 4.74 Å². The van der Waals surface area contributed by atoms with E-state index in [1.165, 1.54) is 11.1 Å². The summed E-state index contributed by atoms with van der Waals surface area (Å²) in [5.41, 5.74) is 4.38. The highest BCUT2D eigenvalue weighted by atomic mass is 16.5. The van der Waals surface area contributed by atoms with Gasteiger partial charge in [-0.1, -0.05) is 35.9 Å². The summed E-state index contributed by atoms with van der Waals surface area (Å²) in [6, 6.07) is 14.1. The van der Waals surface area contributed by atoms with E-state index in [1.54, 1.807) is 0 Å². The van der Waals surface area contributed by atoms with Gasteiger partial charge in [0.05, 0.1) is 12.7 Å². The molecular weight excluding hydrogens is 248 g/mol. The fourth-order valence-electron chi connectivity index (χ4n) is 2.37. The molecule has 1 N–H and O–H groups in total. The van der Waals surface area contributed by atoms with E-state index in [2.05, 4.69) is 19.1 Å². The summed E-state index contributed by atoms with van der Waals surface area (Å²) < 4.78 is 5.62. The maximum absolute atomic E-state index is 10.6. The highest BCUT2D eigenvalue weighted by Gasteiger charge is 2.15. The lowest BCUT2D eigenvalue weighted by Gasteiger charge is -2.17. The highest BCUT2D eigenvalue weighted by molar-refractivity contribution is 5.39. The molecule has 0 spiro atoms. The van der Waals surface area contributed by atoms with Crippen molar-refractivity contribution in [3.63, 3.8) is 0 Å². The van der Waals surface area contributed by atoms with E-state index in [-0.39, 0.29) is 0 Å². The molecule has 0 aromatic heterocycles. The molecule has 0 heterocycles. The zero-order valence-electron chi connectivity index (χ0n) is 12.4. The van der Waals surface area contributed by atoms with Gasteiger partial charge in [-0.3, -0.25) is 0 Å². The number of aliphatic hydroxyl groups excluding tert-OH is 1. The van der Waals surface area contributed by atoms with Gasteiger partial charge in [0.15, 0.2) is 0 Å². The van der Waals surface area contributed by atoms with Gasteiger partial charge < -0.3 is 9.84 Å². The number of aryl methyl sites for hydroxylation is 2. The van der Waals surface area contributed by atoms with Crippen molar-refractivity contribution in [2.24, 2.45) is 0 Å². The summed E-state index contributed by atoms with van der Waals surface area (Å²) in [6.45, 7) is 6.66. The quantitative estimate of drug-likeness (QED) is 0.890. The first-order valence-electron chi connectivity index (χ1n) is 7.07. The Hall–Kier alpha value is -1.80. The van der Waals surface area contributed by atoms with Crippen LogP contribution in [0.25, 0.3) is 0 Å². The van der Waals surface area contributed by atoms with E-state index >= 15 is 0 Å². The van der Waals surface area contributed by atoms with E-state index in [0.29, 0.717) is 13.0 Å². The van der Waals surface area contributed by atoms with Crippen LogP contribution in [0.15, 0.2) is 42.5 Å². The summed E-state index contributed by atoms with van der Waals surface area (Å²) in [4.78, 5) is 0. The van der Waals surface area contributed by atoms with E-state index < -0.39 is 6.10 Å². The average molecular weight is 270 g/mol. The molecule has 2 aromatic carbocycles. The zero-order valence-corrected chi connectivity index (χ0v) is 12.4. The lowest BCUT2D eigenvalue weighted by Crippen LogP contribution is -2.06. The molecule has 1 atom stereocenters. The van der Waals surface area contributed by atoms with Gasteiger partial charge in [0.1, 0.15) is 5.75 Å².